The molecule has 0 saturated carbocycles. The van der Waals surface area contributed by atoms with Gasteiger partial charge in [0.1, 0.15) is 6.54 Å². The van der Waals surface area contributed by atoms with Crippen molar-refractivity contribution in [1.29, 1.82) is 0 Å². The molecule has 2 heterocycles. The fourth-order valence-electron chi connectivity index (χ4n) is 2.32. The Kier molecular flexibility index (Phi) is 4.38. The topological polar surface area (TPSA) is 84.0 Å². The van der Waals surface area contributed by atoms with E-state index in [1.165, 1.54) is 4.88 Å². The predicted molar refractivity (Wildman–Crippen MR) is 89.9 cm³/mol. The number of H-pyrrole nitrogens is 1. The highest BCUT2D eigenvalue weighted by Gasteiger charge is 2.10. The number of hydrogen-bond acceptors (Lipinski definition) is 4. The van der Waals surface area contributed by atoms with Crippen LogP contribution in [0.15, 0.2) is 51.4 Å². The van der Waals surface area contributed by atoms with E-state index in [2.05, 4.69) is 10.3 Å². The predicted octanol–water partition coefficient (Wildman–Crippen LogP) is 1.11. The van der Waals surface area contributed by atoms with E-state index in [1.54, 1.807) is 35.6 Å². The van der Waals surface area contributed by atoms with Crippen molar-refractivity contribution in [2.45, 2.75) is 13.0 Å². The molecule has 0 unspecified atom stereocenters. The third kappa shape index (κ3) is 3.40. The molecular formula is C16H15N3O3S. The number of carbonyl (C=O) groups excluding carboxylic acids is 1. The molecular weight excluding hydrogens is 314 g/mol. The van der Waals surface area contributed by atoms with Crippen molar-refractivity contribution in [2.75, 3.05) is 6.54 Å². The minimum atomic E-state index is -0.581. The molecule has 0 saturated heterocycles. The van der Waals surface area contributed by atoms with Gasteiger partial charge < -0.3 is 10.3 Å². The van der Waals surface area contributed by atoms with Gasteiger partial charge in [0.05, 0.1) is 10.9 Å². The maximum atomic E-state index is 12.3. The van der Waals surface area contributed by atoms with Crippen molar-refractivity contribution < 1.29 is 4.79 Å². The number of thiophene rings is 1. The monoisotopic (exact) mass is 329 g/mol. The van der Waals surface area contributed by atoms with Crippen LogP contribution in [0, 0.1) is 0 Å². The van der Waals surface area contributed by atoms with Gasteiger partial charge in [0, 0.05) is 11.4 Å². The zero-order valence-corrected chi connectivity index (χ0v) is 13.1. The van der Waals surface area contributed by atoms with Crippen LogP contribution in [-0.2, 0) is 17.8 Å². The third-order valence-corrected chi connectivity index (χ3v) is 4.40. The first-order chi connectivity index (χ1) is 11.1. The van der Waals surface area contributed by atoms with Gasteiger partial charge in [-0.3, -0.25) is 14.2 Å². The lowest BCUT2D eigenvalue weighted by Gasteiger charge is -2.07. The quantitative estimate of drug-likeness (QED) is 0.735. The molecule has 1 amide bonds. The lowest BCUT2D eigenvalue weighted by atomic mass is 10.2. The average Bonchev–Trinajstić information content (AvgIpc) is 3.05. The molecule has 118 valence electrons. The molecule has 7 heteroatoms. The third-order valence-electron chi connectivity index (χ3n) is 3.46. The number of para-hydroxylation sites is 1. The van der Waals surface area contributed by atoms with Crippen molar-refractivity contribution in [3.63, 3.8) is 0 Å². The Labute approximate surface area is 135 Å². The Hall–Kier alpha value is -2.67. The fourth-order valence-corrected chi connectivity index (χ4v) is 3.03. The van der Waals surface area contributed by atoms with Gasteiger partial charge in [0.2, 0.25) is 5.91 Å². The second kappa shape index (κ2) is 6.62. The molecule has 6 nitrogen and oxygen atoms in total. The number of nitrogens with zero attached hydrogens (tertiary/aromatic N) is 1. The summed E-state index contributed by atoms with van der Waals surface area (Å²) in [5.74, 6) is -0.357. The molecule has 2 N–H and O–H groups in total. The Balaban J connectivity index is 1.72. The van der Waals surface area contributed by atoms with E-state index in [0.717, 1.165) is 11.0 Å². The number of amides is 1. The molecule has 23 heavy (non-hydrogen) atoms. The molecule has 0 aliphatic heterocycles. The molecule has 3 rings (SSSR count). The molecule has 0 radical (unpaired) electrons. The van der Waals surface area contributed by atoms with Crippen LogP contribution in [0.1, 0.15) is 4.88 Å². The van der Waals surface area contributed by atoms with Crippen LogP contribution in [0.3, 0.4) is 0 Å². The van der Waals surface area contributed by atoms with Crippen molar-refractivity contribution in [2.24, 2.45) is 0 Å². The highest BCUT2D eigenvalue weighted by Crippen LogP contribution is 2.08. The fraction of sp³-hybridized carbons (Fsp3) is 0.188. The van der Waals surface area contributed by atoms with E-state index in [9.17, 15) is 14.4 Å². The van der Waals surface area contributed by atoms with Crippen molar-refractivity contribution in [3.8, 4) is 0 Å². The van der Waals surface area contributed by atoms with Crippen molar-refractivity contribution in [3.05, 3.63) is 67.5 Å². The summed E-state index contributed by atoms with van der Waals surface area (Å²) in [6, 6.07) is 10.7. The number of benzene rings is 1. The largest absolute Gasteiger partial charge is 0.354 e. The highest BCUT2D eigenvalue weighted by molar-refractivity contribution is 7.09. The Morgan fingerprint density at radius 3 is 2.78 bits per heavy atom. The molecule has 0 fully saturated rings. The summed E-state index contributed by atoms with van der Waals surface area (Å²) in [6.07, 6.45) is 0.729. The molecule has 2 aromatic heterocycles. The van der Waals surface area contributed by atoms with E-state index >= 15 is 0 Å². The van der Waals surface area contributed by atoms with Crippen molar-refractivity contribution >= 4 is 28.1 Å². The number of fused-ring (bicyclic) bond motifs is 1. The second-order valence-corrected chi connectivity index (χ2v) is 6.08. The van der Waals surface area contributed by atoms with E-state index in [4.69, 9.17) is 0 Å². The van der Waals surface area contributed by atoms with Gasteiger partial charge in [-0.1, -0.05) is 18.2 Å². The maximum absolute atomic E-state index is 12.3. The first kappa shape index (κ1) is 15.2. The van der Waals surface area contributed by atoms with E-state index < -0.39 is 11.2 Å². The Bertz CT molecular complexity index is 941. The summed E-state index contributed by atoms with van der Waals surface area (Å²) in [4.78, 5) is 40.0. The number of rotatable bonds is 5. The minimum Gasteiger partial charge on any atom is -0.354 e. The lowest BCUT2D eigenvalue weighted by Crippen LogP contribution is -2.40. The van der Waals surface area contributed by atoms with Crippen LogP contribution in [0.4, 0.5) is 0 Å². The van der Waals surface area contributed by atoms with Gasteiger partial charge >= 0.3 is 5.69 Å². The number of nitrogens with one attached hydrogen (secondary N) is 2. The molecule has 0 bridgehead atoms. The number of aromatic amines is 1. The van der Waals surface area contributed by atoms with Crippen LogP contribution in [-0.4, -0.2) is 22.0 Å². The average molecular weight is 329 g/mol. The summed E-state index contributed by atoms with van der Waals surface area (Å²) in [7, 11) is 0. The summed E-state index contributed by atoms with van der Waals surface area (Å²) < 4.78 is 0.919. The van der Waals surface area contributed by atoms with Gasteiger partial charge in [-0.25, -0.2) is 4.79 Å². The highest BCUT2D eigenvalue weighted by atomic mass is 32.1. The van der Waals surface area contributed by atoms with Crippen LogP contribution in [0.2, 0.25) is 0 Å². The van der Waals surface area contributed by atoms with E-state index in [1.807, 2.05) is 17.5 Å². The zero-order valence-electron chi connectivity index (χ0n) is 12.2. The van der Waals surface area contributed by atoms with Crippen molar-refractivity contribution in [1.82, 2.24) is 14.9 Å². The van der Waals surface area contributed by atoms with Crippen LogP contribution >= 0.6 is 11.3 Å². The molecule has 1 aromatic carbocycles. The zero-order chi connectivity index (χ0) is 16.2. The van der Waals surface area contributed by atoms with Crippen LogP contribution < -0.4 is 16.6 Å². The smallest absolute Gasteiger partial charge is 0.329 e. The van der Waals surface area contributed by atoms with Gasteiger partial charge in [-0.2, -0.15) is 0 Å². The number of hydrogen-bond donors (Lipinski definition) is 2. The van der Waals surface area contributed by atoms with Gasteiger partial charge in [0.25, 0.3) is 5.56 Å². The normalized spacial score (nSPS) is 10.8. The van der Waals surface area contributed by atoms with E-state index in [-0.39, 0.29) is 12.5 Å². The summed E-state index contributed by atoms with van der Waals surface area (Å²) >= 11 is 1.62. The summed E-state index contributed by atoms with van der Waals surface area (Å²) in [6.45, 7) is 0.184. The molecule has 0 atom stereocenters. The maximum Gasteiger partial charge on any atom is 0.329 e. The van der Waals surface area contributed by atoms with Gasteiger partial charge in [0.15, 0.2) is 0 Å². The SMILES string of the molecule is O=C(Cn1c(=O)[nH]c2ccccc2c1=O)NCCc1cccs1. The Morgan fingerprint density at radius 1 is 1.17 bits per heavy atom. The lowest BCUT2D eigenvalue weighted by molar-refractivity contribution is -0.121. The number of aromatic nitrogens is 2. The van der Waals surface area contributed by atoms with Gasteiger partial charge in [-0.05, 0) is 30.0 Å². The Morgan fingerprint density at radius 2 is 2.00 bits per heavy atom. The van der Waals surface area contributed by atoms with Crippen LogP contribution in [0.25, 0.3) is 10.9 Å². The summed E-state index contributed by atoms with van der Waals surface area (Å²) in [5, 5.41) is 5.09. The molecule has 0 aliphatic rings. The standard InChI is InChI=1S/C16H15N3O3S/c20-14(17-8-7-11-4-3-9-23-11)10-19-15(21)12-5-1-2-6-13(12)18-16(19)22/h1-6,9H,7-8,10H2,(H,17,20)(H,18,22). The molecule has 3 aromatic rings. The summed E-state index contributed by atoms with van der Waals surface area (Å²) in [5.41, 5.74) is -0.572. The molecule has 0 spiro atoms. The second-order valence-electron chi connectivity index (χ2n) is 5.05. The number of carbonyl (C=O) groups is 1. The molecule has 0 aliphatic carbocycles. The first-order valence-corrected chi connectivity index (χ1v) is 8.04. The minimum absolute atomic E-state index is 0.288. The van der Waals surface area contributed by atoms with Crippen LogP contribution in [0.5, 0.6) is 0 Å². The van der Waals surface area contributed by atoms with E-state index in [0.29, 0.717) is 17.4 Å². The first-order valence-electron chi connectivity index (χ1n) is 7.16. The van der Waals surface area contributed by atoms with Gasteiger partial charge in [-0.15, -0.1) is 11.3 Å².